The van der Waals surface area contributed by atoms with Crippen molar-refractivity contribution in [2.24, 2.45) is 5.16 Å². The molecule has 1 aromatic carbocycles. The van der Waals surface area contributed by atoms with Crippen LogP contribution < -0.4 is 20.3 Å². The number of benzene rings is 1. The maximum absolute atomic E-state index is 13.1. The lowest BCUT2D eigenvalue weighted by Crippen LogP contribution is -2.54. The first-order valence-electron chi connectivity index (χ1n) is 13.9. The molecule has 3 aliphatic rings. The summed E-state index contributed by atoms with van der Waals surface area (Å²) in [5.74, 6) is 6.19. The number of aryl methyl sites for hydroxylation is 1. The third kappa shape index (κ3) is 5.31. The average Bonchev–Trinajstić information content (AvgIpc) is 3.50. The number of fused-ring (bicyclic) bond motifs is 1. The molecule has 3 aliphatic heterocycles. The molecule has 2 saturated heterocycles. The van der Waals surface area contributed by atoms with Gasteiger partial charge in [-0.3, -0.25) is 19.9 Å². The fraction of sp³-hybridized carbons (Fsp3) is 0.300. The standard InChI is InChI=1S/C30H29N9O5/c1-19-3-4-20-17-39(27(40)22(20)13-19)18-30(28(41)34-29(42)35-30)6-5-23-24(44-2)14-21(15-33-23)26(36-43)38-11-9-37(10-12-38)25-16-31-7-8-32-25/h3-4,7-8,13-16,43H,9-12,17-18H2,1-2H3,(H2,34,35,41,42)/t30-/m1/s1. The number of ether oxygens (including phenoxy) is 1. The van der Waals surface area contributed by atoms with Gasteiger partial charge in [-0.2, -0.15) is 0 Å². The number of amidine groups is 1. The largest absolute Gasteiger partial charge is 0.494 e. The summed E-state index contributed by atoms with van der Waals surface area (Å²) in [6, 6.07) is 6.55. The fourth-order valence-corrected chi connectivity index (χ4v) is 5.51. The highest BCUT2D eigenvalue weighted by Gasteiger charge is 2.48. The van der Waals surface area contributed by atoms with Crippen molar-refractivity contribution in [2.45, 2.75) is 19.0 Å². The molecule has 2 aromatic heterocycles. The van der Waals surface area contributed by atoms with Crippen LogP contribution in [0.4, 0.5) is 10.6 Å². The number of oxime groups is 1. The average molecular weight is 596 g/mol. The van der Waals surface area contributed by atoms with E-state index in [9.17, 15) is 19.6 Å². The number of methoxy groups -OCH3 is 1. The lowest BCUT2D eigenvalue weighted by atomic mass is 9.99. The van der Waals surface area contributed by atoms with Gasteiger partial charge in [-0.05, 0) is 30.5 Å². The number of piperazine rings is 1. The maximum Gasteiger partial charge on any atom is 0.323 e. The number of pyridine rings is 1. The zero-order valence-electron chi connectivity index (χ0n) is 24.1. The fourth-order valence-electron chi connectivity index (χ4n) is 5.51. The second-order valence-electron chi connectivity index (χ2n) is 10.6. The number of hydrogen-bond donors (Lipinski definition) is 3. The molecule has 3 aromatic rings. The van der Waals surface area contributed by atoms with Crippen LogP contribution in [0.5, 0.6) is 5.75 Å². The molecule has 6 rings (SSSR count). The highest BCUT2D eigenvalue weighted by atomic mass is 16.5. The van der Waals surface area contributed by atoms with Crippen molar-refractivity contribution in [3.05, 3.63) is 77.0 Å². The Hall–Kier alpha value is -5.71. The van der Waals surface area contributed by atoms with Gasteiger partial charge in [0.2, 0.25) is 5.54 Å². The smallest absolute Gasteiger partial charge is 0.323 e. The van der Waals surface area contributed by atoms with Crippen molar-refractivity contribution in [1.82, 2.24) is 35.4 Å². The number of imide groups is 1. The van der Waals surface area contributed by atoms with Crippen LogP contribution in [-0.2, 0) is 11.3 Å². The monoisotopic (exact) mass is 595 g/mol. The molecule has 0 saturated carbocycles. The summed E-state index contributed by atoms with van der Waals surface area (Å²) in [5.41, 5.74) is 1.34. The van der Waals surface area contributed by atoms with Gasteiger partial charge in [0, 0.05) is 62.4 Å². The molecular formula is C30H29N9O5. The normalized spacial score (nSPS) is 19.7. The van der Waals surface area contributed by atoms with E-state index in [0.29, 0.717) is 43.1 Å². The van der Waals surface area contributed by atoms with Crippen LogP contribution in [0.1, 0.15) is 32.7 Å². The number of anilines is 1. The molecule has 3 N–H and O–H groups in total. The SMILES string of the molecule is COc1cc(C(=NO)N2CCN(c3cnccn3)CC2)cnc1C#C[C@]1(CN2Cc3ccc(C)cc3C2=O)NC(=O)NC1=O. The van der Waals surface area contributed by atoms with E-state index in [1.54, 1.807) is 24.7 Å². The van der Waals surface area contributed by atoms with Crippen LogP contribution in [-0.4, -0.2) is 99.0 Å². The minimum atomic E-state index is -1.70. The predicted molar refractivity (Wildman–Crippen MR) is 157 cm³/mol. The van der Waals surface area contributed by atoms with Crippen LogP contribution in [0.25, 0.3) is 0 Å². The Kier molecular flexibility index (Phi) is 7.44. The maximum atomic E-state index is 13.1. The molecule has 0 spiro atoms. The van der Waals surface area contributed by atoms with Crippen molar-refractivity contribution >= 4 is 29.5 Å². The topological polar surface area (TPSA) is 165 Å². The van der Waals surface area contributed by atoms with E-state index in [2.05, 4.69) is 47.5 Å². The summed E-state index contributed by atoms with van der Waals surface area (Å²) in [7, 11) is 1.45. The van der Waals surface area contributed by atoms with Crippen molar-refractivity contribution in [2.75, 3.05) is 44.7 Å². The summed E-state index contributed by atoms with van der Waals surface area (Å²) in [4.78, 5) is 56.8. The Morgan fingerprint density at radius 2 is 1.93 bits per heavy atom. The van der Waals surface area contributed by atoms with Crippen LogP contribution in [0.3, 0.4) is 0 Å². The minimum Gasteiger partial charge on any atom is -0.494 e. The van der Waals surface area contributed by atoms with Gasteiger partial charge in [-0.25, -0.2) is 14.8 Å². The number of nitrogens with zero attached hydrogens (tertiary/aromatic N) is 7. The Balaban J connectivity index is 1.22. The quantitative estimate of drug-likeness (QED) is 0.0956. The number of carbonyl (C=O) groups excluding carboxylic acids is 3. The van der Waals surface area contributed by atoms with Crippen molar-refractivity contribution < 1.29 is 24.3 Å². The van der Waals surface area contributed by atoms with Gasteiger partial charge in [-0.15, -0.1) is 0 Å². The first kappa shape index (κ1) is 28.4. The van der Waals surface area contributed by atoms with Gasteiger partial charge in [0.15, 0.2) is 17.3 Å². The molecular weight excluding hydrogens is 566 g/mol. The zero-order chi connectivity index (χ0) is 30.8. The van der Waals surface area contributed by atoms with Gasteiger partial charge in [0.1, 0.15) is 5.82 Å². The lowest BCUT2D eigenvalue weighted by molar-refractivity contribution is -0.122. The number of aromatic nitrogens is 3. The van der Waals surface area contributed by atoms with E-state index in [1.165, 1.54) is 18.2 Å². The third-order valence-corrected chi connectivity index (χ3v) is 7.79. The van der Waals surface area contributed by atoms with E-state index in [-0.39, 0.29) is 30.4 Å². The second-order valence-corrected chi connectivity index (χ2v) is 10.6. The van der Waals surface area contributed by atoms with E-state index in [4.69, 9.17) is 4.74 Å². The number of nitrogens with one attached hydrogen (secondary N) is 2. The first-order valence-corrected chi connectivity index (χ1v) is 13.9. The van der Waals surface area contributed by atoms with Crippen LogP contribution >= 0.6 is 0 Å². The van der Waals surface area contributed by atoms with Crippen molar-refractivity contribution in [3.63, 3.8) is 0 Å². The number of carbonyl (C=O) groups is 3. The highest BCUT2D eigenvalue weighted by Crippen LogP contribution is 2.27. The second kappa shape index (κ2) is 11.5. The summed E-state index contributed by atoms with van der Waals surface area (Å²) in [5, 5.41) is 18.3. The molecule has 44 heavy (non-hydrogen) atoms. The first-order chi connectivity index (χ1) is 21.3. The molecule has 1 atom stereocenters. The lowest BCUT2D eigenvalue weighted by Gasteiger charge is -2.36. The summed E-state index contributed by atoms with van der Waals surface area (Å²) >= 11 is 0. The Morgan fingerprint density at radius 1 is 1.11 bits per heavy atom. The molecule has 5 heterocycles. The number of amides is 4. The predicted octanol–water partition coefficient (Wildman–Crippen LogP) is 0.732. The Labute approximate surface area is 252 Å². The van der Waals surface area contributed by atoms with Crippen LogP contribution in [0.2, 0.25) is 0 Å². The molecule has 14 nitrogen and oxygen atoms in total. The number of rotatable bonds is 5. The van der Waals surface area contributed by atoms with E-state index < -0.39 is 17.5 Å². The van der Waals surface area contributed by atoms with Gasteiger partial charge in [0.05, 0.1) is 19.9 Å². The minimum absolute atomic E-state index is 0.160. The Morgan fingerprint density at radius 3 is 2.61 bits per heavy atom. The summed E-state index contributed by atoms with van der Waals surface area (Å²) in [6.45, 7) is 4.44. The number of hydrogen-bond acceptors (Lipinski definition) is 10. The molecule has 0 radical (unpaired) electrons. The molecule has 2 fully saturated rings. The zero-order valence-corrected chi connectivity index (χ0v) is 24.1. The molecule has 224 valence electrons. The Bertz CT molecular complexity index is 1730. The molecule has 0 bridgehead atoms. The van der Waals surface area contributed by atoms with E-state index >= 15 is 0 Å². The van der Waals surface area contributed by atoms with E-state index in [1.807, 2.05) is 30.0 Å². The summed E-state index contributed by atoms with van der Waals surface area (Å²) < 4.78 is 5.55. The molecule has 0 unspecified atom stereocenters. The summed E-state index contributed by atoms with van der Waals surface area (Å²) in [6.07, 6.45) is 6.47. The van der Waals surface area contributed by atoms with Gasteiger partial charge >= 0.3 is 6.03 Å². The highest BCUT2D eigenvalue weighted by molar-refractivity contribution is 6.10. The van der Waals surface area contributed by atoms with Crippen molar-refractivity contribution in [3.8, 4) is 17.6 Å². The molecule has 0 aliphatic carbocycles. The van der Waals surface area contributed by atoms with Gasteiger partial charge < -0.3 is 30.0 Å². The van der Waals surface area contributed by atoms with E-state index in [0.717, 1.165) is 16.9 Å². The number of urea groups is 1. The van der Waals surface area contributed by atoms with Crippen LogP contribution in [0.15, 0.2) is 54.2 Å². The molecule has 14 heteroatoms. The van der Waals surface area contributed by atoms with Crippen LogP contribution in [0, 0.1) is 18.8 Å². The van der Waals surface area contributed by atoms with Gasteiger partial charge in [0.25, 0.3) is 11.8 Å². The van der Waals surface area contributed by atoms with Gasteiger partial charge in [-0.1, -0.05) is 28.8 Å². The van der Waals surface area contributed by atoms with Crippen molar-refractivity contribution in [1.29, 1.82) is 0 Å². The third-order valence-electron chi connectivity index (χ3n) is 7.79. The molecule has 4 amide bonds.